The molecular formula is C18H22ClN5O. The first kappa shape index (κ1) is 17.5. The normalized spacial score (nSPS) is 12.7. The Bertz CT molecular complexity index is 898. The topological polar surface area (TPSA) is 66.8 Å². The smallest absolute Gasteiger partial charge is 0.245 e. The molecule has 7 heteroatoms. The quantitative estimate of drug-likeness (QED) is 0.754. The highest BCUT2D eigenvalue weighted by Gasteiger charge is 2.23. The predicted octanol–water partition coefficient (Wildman–Crippen LogP) is 3.76. The number of nitrogens with zero attached hydrogens (tertiary/aromatic N) is 4. The van der Waals surface area contributed by atoms with E-state index < -0.39 is 0 Å². The number of carbonyl (C=O) groups excluding carboxylic acids is 1. The van der Waals surface area contributed by atoms with Crippen molar-refractivity contribution in [3.05, 3.63) is 47.3 Å². The van der Waals surface area contributed by atoms with Gasteiger partial charge in [-0.3, -0.25) is 4.79 Å². The molecule has 0 spiro atoms. The van der Waals surface area contributed by atoms with Gasteiger partial charge in [-0.2, -0.15) is 0 Å². The number of aromatic nitrogens is 4. The molecule has 0 radical (unpaired) electrons. The van der Waals surface area contributed by atoms with E-state index in [4.69, 9.17) is 11.6 Å². The number of H-pyrrole nitrogens is 1. The minimum absolute atomic E-state index is 0.0124. The molecule has 3 rings (SSSR count). The van der Waals surface area contributed by atoms with Gasteiger partial charge < -0.3 is 14.5 Å². The number of imidazole rings is 2. The van der Waals surface area contributed by atoms with Crippen molar-refractivity contribution < 1.29 is 4.79 Å². The van der Waals surface area contributed by atoms with Gasteiger partial charge in [-0.15, -0.1) is 0 Å². The zero-order valence-electron chi connectivity index (χ0n) is 14.8. The summed E-state index contributed by atoms with van der Waals surface area (Å²) in [6, 6.07) is 5.18. The molecule has 3 aromatic rings. The molecule has 1 atom stereocenters. The molecule has 2 aromatic heterocycles. The number of hydrogen-bond acceptors (Lipinski definition) is 3. The average molecular weight is 360 g/mol. The van der Waals surface area contributed by atoms with Crippen LogP contribution in [0.4, 0.5) is 0 Å². The van der Waals surface area contributed by atoms with Crippen LogP contribution in [-0.4, -0.2) is 37.4 Å². The first-order valence-corrected chi connectivity index (χ1v) is 8.66. The standard InChI is InChI=1S/C18H22ClN5O/c1-11(2)17-20-7-8-24(17)12(3)18(25)23(4)10-16-21-14-6-5-13(19)9-15(14)22-16/h5-9,11-12H,10H2,1-4H3,(H,21,22)/t12-/m1/s1. The van der Waals surface area contributed by atoms with Crippen LogP contribution in [0, 0.1) is 0 Å². The number of halogens is 1. The maximum atomic E-state index is 12.8. The van der Waals surface area contributed by atoms with Crippen molar-refractivity contribution in [3.8, 4) is 0 Å². The second-order valence-corrected chi connectivity index (χ2v) is 7.00. The van der Waals surface area contributed by atoms with E-state index in [9.17, 15) is 4.79 Å². The van der Waals surface area contributed by atoms with Crippen molar-refractivity contribution >= 4 is 28.5 Å². The van der Waals surface area contributed by atoms with E-state index in [0.717, 1.165) is 22.7 Å². The number of hydrogen-bond donors (Lipinski definition) is 1. The van der Waals surface area contributed by atoms with Crippen LogP contribution in [-0.2, 0) is 11.3 Å². The number of likely N-dealkylation sites (N-methyl/N-ethyl adjacent to an activating group) is 1. The van der Waals surface area contributed by atoms with Crippen molar-refractivity contribution in [2.24, 2.45) is 0 Å². The maximum Gasteiger partial charge on any atom is 0.245 e. The maximum absolute atomic E-state index is 12.8. The summed E-state index contributed by atoms with van der Waals surface area (Å²) in [7, 11) is 1.78. The van der Waals surface area contributed by atoms with Crippen LogP contribution in [0.15, 0.2) is 30.6 Å². The summed E-state index contributed by atoms with van der Waals surface area (Å²) in [5, 5.41) is 0.655. The monoisotopic (exact) mass is 359 g/mol. The Labute approximate surface area is 151 Å². The minimum Gasteiger partial charge on any atom is -0.340 e. The molecule has 6 nitrogen and oxygen atoms in total. The Hall–Kier alpha value is -2.34. The van der Waals surface area contributed by atoms with Crippen molar-refractivity contribution in [1.29, 1.82) is 0 Å². The van der Waals surface area contributed by atoms with Crippen LogP contribution < -0.4 is 0 Å². The molecular weight excluding hydrogens is 338 g/mol. The lowest BCUT2D eigenvalue weighted by molar-refractivity contribution is -0.133. The zero-order chi connectivity index (χ0) is 18.1. The first-order chi connectivity index (χ1) is 11.9. The molecule has 1 N–H and O–H groups in total. The summed E-state index contributed by atoms with van der Waals surface area (Å²) >= 11 is 6.00. The molecule has 0 fully saturated rings. The summed E-state index contributed by atoms with van der Waals surface area (Å²) in [6.45, 7) is 6.44. The summed E-state index contributed by atoms with van der Waals surface area (Å²) in [6.07, 6.45) is 3.59. The van der Waals surface area contributed by atoms with Crippen molar-refractivity contribution in [3.63, 3.8) is 0 Å². The van der Waals surface area contributed by atoms with E-state index in [1.807, 2.05) is 29.8 Å². The van der Waals surface area contributed by atoms with Crippen LogP contribution >= 0.6 is 11.6 Å². The van der Waals surface area contributed by atoms with E-state index in [1.54, 1.807) is 24.2 Å². The second kappa shape index (κ2) is 6.88. The molecule has 0 aliphatic rings. The third-order valence-corrected chi connectivity index (χ3v) is 4.48. The molecule has 0 saturated carbocycles. The zero-order valence-corrected chi connectivity index (χ0v) is 15.6. The number of aromatic amines is 1. The molecule has 0 aliphatic carbocycles. The molecule has 132 valence electrons. The first-order valence-electron chi connectivity index (χ1n) is 8.28. The van der Waals surface area contributed by atoms with Gasteiger partial charge in [0.05, 0.1) is 17.6 Å². The van der Waals surface area contributed by atoms with Gasteiger partial charge in [-0.25, -0.2) is 9.97 Å². The molecule has 0 aliphatic heterocycles. The van der Waals surface area contributed by atoms with Crippen LogP contribution in [0.3, 0.4) is 0 Å². The average Bonchev–Trinajstić information content (AvgIpc) is 3.19. The molecule has 2 heterocycles. The second-order valence-electron chi connectivity index (χ2n) is 6.56. The van der Waals surface area contributed by atoms with Crippen molar-refractivity contribution in [1.82, 2.24) is 24.4 Å². The van der Waals surface area contributed by atoms with Gasteiger partial charge in [0.2, 0.25) is 5.91 Å². The lowest BCUT2D eigenvalue weighted by atomic mass is 10.2. The SMILES string of the molecule is CC(C)c1nccn1[C@H](C)C(=O)N(C)Cc1nc2ccc(Cl)cc2[nH]1. The Balaban J connectivity index is 1.76. The number of rotatable bonds is 5. The fourth-order valence-corrected chi connectivity index (χ4v) is 3.12. The molecule has 0 bridgehead atoms. The van der Waals surface area contributed by atoms with Gasteiger partial charge >= 0.3 is 0 Å². The predicted molar refractivity (Wildman–Crippen MR) is 98.6 cm³/mol. The highest BCUT2D eigenvalue weighted by molar-refractivity contribution is 6.31. The highest BCUT2D eigenvalue weighted by Crippen LogP contribution is 2.20. The number of nitrogens with one attached hydrogen (secondary N) is 1. The van der Waals surface area contributed by atoms with E-state index in [1.165, 1.54) is 0 Å². The van der Waals surface area contributed by atoms with Crippen LogP contribution in [0.5, 0.6) is 0 Å². The fourth-order valence-electron chi connectivity index (χ4n) is 2.95. The number of carbonyl (C=O) groups is 1. The summed E-state index contributed by atoms with van der Waals surface area (Å²) in [5.74, 6) is 1.91. The minimum atomic E-state index is -0.316. The van der Waals surface area contributed by atoms with Gasteiger partial charge in [0.15, 0.2) is 0 Å². The van der Waals surface area contributed by atoms with Crippen LogP contribution in [0.25, 0.3) is 11.0 Å². The summed E-state index contributed by atoms with van der Waals surface area (Å²) in [5.41, 5.74) is 1.71. The Morgan fingerprint density at radius 3 is 2.84 bits per heavy atom. The van der Waals surface area contributed by atoms with Gasteiger partial charge in [0, 0.05) is 30.4 Å². The number of benzene rings is 1. The van der Waals surface area contributed by atoms with Gasteiger partial charge in [0.25, 0.3) is 0 Å². The molecule has 0 saturated heterocycles. The van der Waals surface area contributed by atoms with Crippen LogP contribution in [0.2, 0.25) is 5.02 Å². The van der Waals surface area contributed by atoms with Gasteiger partial charge in [0.1, 0.15) is 17.7 Å². The van der Waals surface area contributed by atoms with Crippen LogP contribution in [0.1, 0.15) is 44.4 Å². The summed E-state index contributed by atoms with van der Waals surface area (Å²) in [4.78, 5) is 26.6. The molecule has 1 amide bonds. The fraction of sp³-hybridized carbons (Fsp3) is 0.389. The Morgan fingerprint density at radius 1 is 1.36 bits per heavy atom. The highest BCUT2D eigenvalue weighted by atomic mass is 35.5. The molecule has 0 unspecified atom stereocenters. The largest absolute Gasteiger partial charge is 0.340 e. The lowest BCUT2D eigenvalue weighted by Gasteiger charge is -2.23. The van der Waals surface area contributed by atoms with E-state index in [-0.39, 0.29) is 17.9 Å². The van der Waals surface area contributed by atoms with Crippen molar-refractivity contribution in [2.75, 3.05) is 7.05 Å². The Kier molecular flexibility index (Phi) is 4.81. The molecule has 1 aromatic carbocycles. The van der Waals surface area contributed by atoms with E-state index >= 15 is 0 Å². The van der Waals surface area contributed by atoms with Crippen molar-refractivity contribution in [2.45, 2.75) is 39.3 Å². The third kappa shape index (κ3) is 3.54. The summed E-state index contributed by atoms with van der Waals surface area (Å²) < 4.78 is 1.93. The van der Waals surface area contributed by atoms with Gasteiger partial charge in [-0.05, 0) is 25.1 Å². The molecule has 25 heavy (non-hydrogen) atoms. The van der Waals surface area contributed by atoms with Gasteiger partial charge in [-0.1, -0.05) is 25.4 Å². The van der Waals surface area contributed by atoms with E-state index in [2.05, 4.69) is 28.8 Å². The lowest BCUT2D eigenvalue weighted by Crippen LogP contribution is -2.33. The van der Waals surface area contributed by atoms with E-state index in [0.29, 0.717) is 11.6 Å². The third-order valence-electron chi connectivity index (χ3n) is 4.25. The Morgan fingerprint density at radius 2 is 2.12 bits per heavy atom. The number of amides is 1. The number of fused-ring (bicyclic) bond motifs is 1.